The molecule has 1 aliphatic heterocycles. The van der Waals surface area contributed by atoms with Crippen molar-refractivity contribution in [3.05, 3.63) is 35.9 Å². The minimum Gasteiger partial charge on any atom is -0.394 e. The SMILES string of the molecule is CN[C@@H](C)C(=O)N[C@H](C(=O)N1CCC[C@H]1C(=O)N[C@H](CO)Cc1ccccc1)C(C)C. The first-order valence-electron chi connectivity index (χ1n) is 11.0. The van der Waals surface area contributed by atoms with Crippen LogP contribution in [0.4, 0.5) is 0 Å². The Hall–Kier alpha value is -2.45. The summed E-state index contributed by atoms with van der Waals surface area (Å²) in [7, 11) is 1.68. The van der Waals surface area contributed by atoms with Crippen molar-refractivity contribution in [2.24, 2.45) is 5.92 Å². The van der Waals surface area contributed by atoms with Crippen LogP contribution in [-0.4, -0.2) is 72.1 Å². The number of aliphatic hydroxyl groups is 1. The summed E-state index contributed by atoms with van der Waals surface area (Å²) in [6.07, 6.45) is 1.79. The Morgan fingerprint density at radius 1 is 1.13 bits per heavy atom. The number of hydrogen-bond acceptors (Lipinski definition) is 5. The zero-order chi connectivity index (χ0) is 23.0. The molecule has 8 nitrogen and oxygen atoms in total. The van der Waals surface area contributed by atoms with Gasteiger partial charge in [-0.2, -0.15) is 0 Å². The fourth-order valence-electron chi connectivity index (χ4n) is 3.76. The second kappa shape index (κ2) is 11.8. The van der Waals surface area contributed by atoms with E-state index in [-0.39, 0.29) is 30.2 Å². The quantitative estimate of drug-likeness (QED) is 0.429. The highest BCUT2D eigenvalue weighted by Gasteiger charge is 2.39. The predicted molar refractivity (Wildman–Crippen MR) is 119 cm³/mol. The number of rotatable bonds is 10. The van der Waals surface area contributed by atoms with Gasteiger partial charge in [-0.3, -0.25) is 14.4 Å². The fraction of sp³-hybridized carbons (Fsp3) is 0.609. The molecule has 4 N–H and O–H groups in total. The maximum Gasteiger partial charge on any atom is 0.246 e. The van der Waals surface area contributed by atoms with Crippen LogP contribution >= 0.6 is 0 Å². The summed E-state index contributed by atoms with van der Waals surface area (Å²) >= 11 is 0. The molecule has 8 heteroatoms. The summed E-state index contributed by atoms with van der Waals surface area (Å²) in [6.45, 7) is 5.76. The largest absolute Gasteiger partial charge is 0.394 e. The van der Waals surface area contributed by atoms with Gasteiger partial charge in [-0.1, -0.05) is 44.2 Å². The average Bonchev–Trinajstić information content (AvgIpc) is 3.26. The van der Waals surface area contributed by atoms with Gasteiger partial charge in [0.15, 0.2) is 0 Å². The molecule has 1 aromatic carbocycles. The lowest BCUT2D eigenvalue weighted by Gasteiger charge is -2.31. The third-order valence-corrected chi connectivity index (χ3v) is 5.79. The van der Waals surface area contributed by atoms with E-state index in [1.165, 1.54) is 0 Å². The van der Waals surface area contributed by atoms with Gasteiger partial charge in [0.25, 0.3) is 0 Å². The maximum absolute atomic E-state index is 13.3. The molecule has 2 rings (SSSR count). The van der Waals surface area contributed by atoms with Crippen molar-refractivity contribution < 1.29 is 19.5 Å². The van der Waals surface area contributed by atoms with Crippen LogP contribution in [0.1, 0.15) is 39.2 Å². The van der Waals surface area contributed by atoms with Crippen LogP contribution in [-0.2, 0) is 20.8 Å². The minimum absolute atomic E-state index is 0.118. The van der Waals surface area contributed by atoms with E-state index in [4.69, 9.17) is 0 Å². The van der Waals surface area contributed by atoms with E-state index in [0.29, 0.717) is 19.4 Å². The van der Waals surface area contributed by atoms with Crippen molar-refractivity contribution in [1.29, 1.82) is 0 Å². The second-order valence-corrected chi connectivity index (χ2v) is 8.51. The number of nitrogens with zero attached hydrogens (tertiary/aromatic N) is 1. The van der Waals surface area contributed by atoms with Gasteiger partial charge >= 0.3 is 0 Å². The normalized spacial score (nSPS) is 19.0. The molecule has 1 aliphatic rings. The molecule has 0 unspecified atom stereocenters. The van der Waals surface area contributed by atoms with E-state index in [0.717, 1.165) is 12.0 Å². The van der Waals surface area contributed by atoms with Crippen LogP contribution in [0.15, 0.2) is 30.3 Å². The first-order valence-corrected chi connectivity index (χ1v) is 11.0. The second-order valence-electron chi connectivity index (χ2n) is 8.51. The summed E-state index contributed by atoms with van der Waals surface area (Å²) < 4.78 is 0. The van der Waals surface area contributed by atoms with Gasteiger partial charge in [-0.05, 0) is 44.7 Å². The molecule has 0 spiro atoms. The van der Waals surface area contributed by atoms with E-state index in [1.807, 2.05) is 44.2 Å². The number of carbonyl (C=O) groups excluding carboxylic acids is 3. The molecule has 0 aromatic heterocycles. The lowest BCUT2D eigenvalue weighted by Crippen LogP contribution is -2.58. The van der Waals surface area contributed by atoms with Gasteiger partial charge in [-0.15, -0.1) is 0 Å². The van der Waals surface area contributed by atoms with Crippen molar-refractivity contribution in [2.45, 2.75) is 64.2 Å². The zero-order valence-corrected chi connectivity index (χ0v) is 18.9. The lowest BCUT2D eigenvalue weighted by atomic mass is 10.0. The van der Waals surface area contributed by atoms with Crippen LogP contribution in [0.3, 0.4) is 0 Å². The Balaban J connectivity index is 2.06. The molecule has 4 atom stereocenters. The number of carbonyl (C=O) groups is 3. The summed E-state index contributed by atoms with van der Waals surface area (Å²) in [5.74, 6) is -0.878. The highest BCUT2D eigenvalue weighted by molar-refractivity contribution is 5.93. The molecular formula is C23H36N4O4. The van der Waals surface area contributed by atoms with E-state index in [2.05, 4.69) is 16.0 Å². The van der Waals surface area contributed by atoms with Crippen LogP contribution in [0.2, 0.25) is 0 Å². The van der Waals surface area contributed by atoms with Gasteiger partial charge in [-0.25, -0.2) is 0 Å². The highest BCUT2D eigenvalue weighted by atomic mass is 16.3. The molecule has 31 heavy (non-hydrogen) atoms. The molecule has 0 saturated carbocycles. The fourth-order valence-corrected chi connectivity index (χ4v) is 3.76. The van der Waals surface area contributed by atoms with E-state index < -0.39 is 24.2 Å². The minimum atomic E-state index is -0.699. The first-order chi connectivity index (χ1) is 14.8. The van der Waals surface area contributed by atoms with E-state index >= 15 is 0 Å². The number of hydrogen-bond donors (Lipinski definition) is 4. The van der Waals surface area contributed by atoms with Gasteiger partial charge in [0.05, 0.1) is 18.7 Å². The smallest absolute Gasteiger partial charge is 0.246 e. The molecule has 1 heterocycles. The summed E-state index contributed by atoms with van der Waals surface area (Å²) in [5.41, 5.74) is 1.02. The Bertz CT molecular complexity index is 740. The molecule has 1 fully saturated rings. The molecule has 0 radical (unpaired) electrons. The topological polar surface area (TPSA) is 111 Å². The van der Waals surface area contributed by atoms with Crippen LogP contribution in [0.25, 0.3) is 0 Å². The van der Waals surface area contributed by atoms with Crippen molar-refractivity contribution in [1.82, 2.24) is 20.9 Å². The van der Waals surface area contributed by atoms with Crippen molar-refractivity contribution in [2.75, 3.05) is 20.2 Å². The zero-order valence-electron chi connectivity index (χ0n) is 18.9. The van der Waals surface area contributed by atoms with E-state index in [9.17, 15) is 19.5 Å². The summed E-state index contributed by atoms with van der Waals surface area (Å²) in [5, 5.41) is 18.3. The number of benzene rings is 1. The third-order valence-electron chi connectivity index (χ3n) is 5.79. The molecule has 172 valence electrons. The molecule has 0 bridgehead atoms. The van der Waals surface area contributed by atoms with Crippen molar-refractivity contribution in [3.8, 4) is 0 Å². The molecule has 3 amide bonds. The molecular weight excluding hydrogens is 396 g/mol. The monoisotopic (exact) mass is 432 g/mol. The number of amides is 3. The number of likely N-dealkylation sites (tertiary alicyclic amines) is 1. The Morgan fingerprint density at radius 2 is 1.81 bits per heavy atom. The predicted octanol–water partition coefficient (Wildman–Crippen LogP) is 0.446. The molecule has 0 aliphatic carbocycles. The maximum atomic E-state index is 13.3. The summed E-state index contributed by atoms with van der Waals surface area (Å²) in [4.78, 5) is 40.1. The lowest BCUT2D eigenvalue weighted by molar-refractivity contribution is -0.142. The standard InChI is InChI=1S/C23H36N4O4/c1-15(2)20(26-21(29)16(3)24-4)23(31)27-12-8-11-19(27)22(30)25-18(14-28)13-17-9-6-5-7-10-17/h5-7,9-10,15-16,18-20,24,28H,8,11-14H2,1-4H3,(H,25,30)(H,26,29)/t16-,18-,19-,20-/m0/s1. The number of likely N-dealkylation sites (N-methyl/N-ethyl adjacent to an activating group) is 1. The molecule has 1 aromatic rings. The van der Waals surface area contributed by atoms with Crippen LogP contribution in [0, 0.1) is 5.92 Å². The van der Waals surface area contributed by atoms with Crippen LogP contribution < -0.4 is 16.0 Å². The first kappa shape index (κ1) is 24.8. The van der Waals surface area contributed by atoms with Gasteiger partial charge < -0.3 is 26.0 Å². The average molecular weight is 433 g/mol. The number of nitrogens with one attached hydrogen (secondary N) is 3. The number of aliphatic hydroxyl groups excluding tert-OH is 1. The molecule has 1 saturated heterocycles. The van der Waals surface area contributed by atoms with Crippen LogP contribution in [0.5, 0.6) is 0 Å². The Labute approximate surface area is 184 Å². The van der Waals surface area contributed by atoms with Gasteiger partial charge in [0.2, 0.25) is 17.7 Å². The summed E-state index contributed by atoms with van der Waals surface area (Å²) in [6, 6.07) is 7.49. The van der Waals surface area contributed by atoms with Gasteiger partial charge in [0, 0.05) is 6.54 Å². The van der Waals surface area contributed by atoms with Gasteiger partial charge in [0.1, 0.15) is 12.1 Å². The Kier molecular flexibility index (Phi) is 9.45. The third kappa shape index (κ3) is 6.77. The Morgan fingerprint density at radius 3 is 2.39 bits per heavy atom. The van der Waals surface area contributed by atoms with Crippen molar-refractivity contribution in [3.63, 3.8) is 0 Å². The highest BCUT2D eigenvalue weighted by Crippen LogP contribution is 2.21. The van der Waals surface area contributed by atoms with Crippen molar-refractivity contribution >= 4 is 17.7 Å². The van der Waals surface area contributed by atoms with E-state index in [1.54, 1.807) is 18.9 Å².